The summed E-state index contributed by atoms with van der Waals surface area (Å²) >= 11 is 0. The molecule has 1 saturated carbocycles. The van der Waals surface area contributed by atoms with Gasteiger partial charge in [-0.25, -0.2) is 4.98 Å². The predicted molar refractivity (Wildman–Crippen MR) is 67.4 cm³/mol. The third-order valence-electron chi connectivity index (χ3n) is 3.61. The van der Waals surface area contributed by atoms with Gasteiger partial charge in [0.25, 0.3) is 0 Å². The minimum atomic E-state index is 0.552. The second-order valence-electron chi connectivity index (χ2n) is 4.94. The maximum absolute atomic E-state index is 5.10. The molecule has 0 spiro atoms. The van der Waals surface area contributed by atoms with E-state index in [-0.39, 0.29) is 0 Å². The van der Waals surface area contributed by atoms with Gasteiger partial charge in [0.05, 0.1) is 13.3 Å². The fraction of sp³-hybridized carbons (Fsp3) is 0.615. The molecular weight excluding hydrogens is 214 g/mol. The van der Waals surface area contributed by atoms with Crippen molar-refractivity contribution in [1.82, 2.24) is 9.88 Å². The molecule has 1 aromatic heterocycles. The third kappa shape index (κ3) is 2.52. The first-order valence-electron chi connectivity index (χ1n) is 6.36. The van der Waals surface area contributed by atoms with Crippen LogP contribution in [0.1, 0.15) is 19.3 Å². The third-order valence-corrected chi connectivity index (χ3v) is 3.61. The molecule has 2 heterocycles. The Balaban J connectivity index is 1.55. The van der Waals surface area contributed by atoms with Crippen molar-refractivity contribution in [3.63, 3.8) is 0 Å². The van der Waals surface area contributed by atoms with Gasteiger partial charge in [0.1, 0.15) is 11.6 Å². The van der Waals surface area contributed by atoms with Crippen molar-refractivity contribution in [3.8, 4) is 5.75 Å². The molecule has 0 bridgehead atoms. The highest BCUT2D eigenvalue weighted by molar-refractivity contribution is 5.38. The zero-order valence-corrected chi connectivity index (χ0v) is 10.2. The first-order chi connectivity index (χ1) is 8.35. The Labute approximate surface area is 102 Å². The summed E-state index contributed by atoms with van der Waals surface area (Å²) in [5.41, 5.74) is 0. The highest BCUT2D eigenvalue weighted by atomic mass is 16.5. The van der Waals surface area contributed by atoms with Crippen molar-refractivity contribution >= 4 is 5.82 Å². The van der Waals surface area contributed by atoms with E-state index in [4.69, 9.17) is 4.74 Å². The Kier molecular flexibility index (Phi) is 2.89. The summed E-state index contributed by atoms with van der Waals surface area (Å²) in [4.78, 5) is 6.94. The van der Waals surface area contributed by atoms with Crippen molar-refractivity contribution in [2.24, 2.45) is 0 Å². The number of pyridine rings is 1. The first kappa shape index (κ1) is 10.8. The summed E-state index contributed by atoms with van der Waals surface area (Å²) in [5, 5.41) is 3.50. The van der Waals surface area contributed by atoms with E-state index < -0.39 is 0 Å². The Morgan fingerprint density at radius 2 is 2.24 bits per heavy atom. The average Bonchev–Trinajstić information content (AvgIpc) is 3.12. The minimum absolute atomic E-state index is 0.552. The largest absolute Gasteiger partial charge is 0.495 e. The van der Waals surface area contributed by atoms with E-state index in [1.165, 1.54) is 32.4 Å². The van der Waals surface area contributed by atoms with Crippen molar-refractivity contribution in [1.29, 1.82) is 0 Å². The molecule has 0 radical (unpaired) electrons. The molecule has 0 amide bonds. The lowest BCUT2D eigenvalue weighted by Crippen LogP contribution is -2.27. The van der Waals surface area contributed by atoms with Crippen LogP contribution in [0.25, 0.3) is 0 Å². The summed E-state index contributed by atoms with van der Waals surface area (Å²) < 4.78 is 5.10. The van der Waals surface area contributed by atoms with Crippen molar-refractivity contribution in [2.45, 2.75) is 31.3 Å². The van der Waals surface area contributed by atoms with Gasteiger partial charge in [-0.05, 0) is 31.4 Å². The van der Waals surface area contributed by atoms with Crippen LogP contribution in [0.2, 0.25) is 0 Å². The van der Waals surface area contributed by atoms with Crippen LogP contribution in [0.15, 0.2) is 18.3 Å². The van der Waals surface area contributed by atoms with E-state index in [2.05, 4.69) is 15.2 Å². The summed E-state index contributed by atoms with van der Waals surface area (Å²) in [7, 11) is 1.66. The fourth-order valence-corrected chi connectivity index (χ4v) is 2.47. The number of likely N-dealkylation sites (tertiary alicyclic amines) is 1. The minimum Gasteiger partial charge on any atom is -0.495 e. The van der Waals surface area contributed by atoms with Gasteiger partial charge >= 0.3 is 0 Å². The quantitative estimate of drug-likeness (QED) is 0.859. The van der Waals surface area contributed by atoms with Crippen LogP contribution < -0.4 is 10.1 Å². The van der Waals surface area contributed by atoms with Gasteiger partial charge in [0.2, 0.25) is 0 Å². The van der Waals surface area contributed by atoms with Crippen LogP contribution in [0, 0.1) is 0 Å². The molecule has 4 nitrogen and oxygen atoms in total. The monoisotopic (exact) mass is 233 g/mol. The summed E-state index contributed by atoms with van der Waals surface area (Å²) in [6.07, 6.45) is 5.78. The van der Waals surface area contributed by atoms with Crippen molar-refractivity contribution in [2.75, 3.05) is 25.5 Å². The van der Waals surface area contributed by atoms with E-state index in [1.54, 1.807) is 13.3 Å². The lowest BCUT2D eigenvalue weighted by atomic mass is 10.2. The van der Waals surface area contributed by atoms with Crippen LogP contribution in [0.3, 0.4) is 0 Å². The van der Waals surface area contributed by atoms with Gasteiger partial charge in [0, 0.05) is 25.2 Å². The normalized spacial score (nSPS) is 24.9. The van der Waals surface area contributed by atoms with Crippen LogP contribution >= 0.6 is 0 Å². The fourth-order valence-electron chi connectivity index (χ4n) is 2.47. The summed E-state index contributed by atoms with van der Waals surface area (Å²) in [5.74, 6) is 1.76. The Hall–Kier alpha value is -1.29. The molecule has 1 saturated heterocycles. The van der Waals surface area contributed by atoms with E-state index in [0.717, 1.165) is 17.6 Å². The zero-order valence-electron chi connectivity index (χ0n) is 10.2. The van der Waals surface area contributed by atoms with Crippen LogP contribution in [0.5, 0.6) is 5.75 Å². The smallest absolute Gasteiger partial charge is 0.137 e. The average molecular weight is 233 g/mol. The predicted octanol–water partition coefficient (Wildman–Crippen LogP) is 1.74. The number of anilines is 1. The Morgan fingerprint density at radius 3 is 2.88 bits per heavy atom. The molecule has 1 N–H and O–H groups in total. The van der Waals surface area contributed by atoms with Gasteiger partial charge in [-0.1, -0.05) is 0 Å². The number of hydrogen-bond donors (Lipinski definition) is 1. The van der Waals surface area contributed by atoms with Crippen LogP contribution in [-0.4, -0.2) is 42.2 Å². The van der Waals surface area contributed by atoms with Crippen molar-refractivity contribution in [3.05, 3.63) is 18.3 Å². The van der Waals surface area contributed by atoms with Gasteiger partial charge in [0.15, 0.2) is 0 Å². The maximum Gasteiger partial charge on any atom is 0.137 e. The number of aromatic nitrogens is 1. The molecule has 0 aromatic carbocycles. The van der Waals surface area contributed by atoms with Gasteiger partial charge < -0.3 is 10.1 Å². The number of rotatable bonds is 4. The number of nitrogens with one attached hydrogen (secondary N) is 1. The van der Waals surface area contributed by atoms with E-state index in [0.29, 0.717) is 6.04 Å². The van der Waals surface area contributed by atoms with E-state index in [9.17, 15) is 0 Å². The number of ether oxygens (including phenoxy) is 1. The Bertz CT molecular complexity index is 375. The SMILES string of the molecule is COc1ccc(NC2CCN(C3CC3)C2)nc1. The molecule has 17 heavy (non-hydrogen) atoms. The molecule has 1 aliphatic carbocycles. The molecule has 1 unspecified atom stereocenters. The lowest BCUT2D eigenvalue weighted by Gasteiger charge is -2.16. The highest BCUT2D eigenvalue weighted by Gasteiger charge is 2.34. The number of hydrogen-bond acceptors (Lipinski definition) is 4. The topological polar surface area (TPSA) is 37.4 Å². The maximum atomic E-state index is 5.10. The number of nitrogens with zero attached hydrogens (tertiary/aromatic N) is 2. The number of methoxy groups -OCH3 is 1. The van der Waals surface area contributed by atoms with Gasteiger partial charge in [-0.15, -0.1) is 0 Å². The standard InChI is InChI=1S/C13H19N3O/c1-17-12-4-5-13(14-8-12)15-10-6-7-16(9-10)11-2-3-11/h4-5,8,10-11H,2-3,6-7,9H2,1H3,(H,14,15). The van der Waals surface area contributed by atoms with Gasteiger partial charge in [-0.2, -0.15) is 0 Å². The van der Waals surface area contributed by atoms with Crippen LogP contribution in [-0.2, 0) is 0 Å². The van der Waals surface area contributed by atoms with Gasteiger partial charge in [-0.3, -0.25) is 4.90 Å². The van der Waals surface area contributed by atoms with Crippen LogP contribution in [0.4, 0.5) is 5.82 Å². The second-order valence-corrected chi connectivity index (χ2v) is 4.94. The Morgan fingerprint density at radius 1 is 1.35 bits per heavy atom. The summed E-state index contributed by atoms with van der Waals surface area (Å²) in [6, 6.07) is 5.36. The molecule has 1 atom stereocenters. The molecule has 4 heteroatoms. The first-order valence-corrected chi connectivity index (χ1v) is 6.36. The van der Waals surface area contributed by atoms with Crippen molar-refractivity contribution < 1.29 is 4.74 Å². The molecular formula is C13H19N3O. The zero-order chi connectivity index (χ0) is 11.7. The second kappa shape index (κ2) is 4.53. The molecule has 1 aliphatic heterocycles. The van der Waals surface area contributed by atoms with E-state index in [1.807, 2.05) is 12.1 Å². The molecule has 2 fully saturated rings. The summed E-state index contributed by atoms with van der Waals surface area (Å²) in [6.45, 7) is 2.40. The molecule has 1 aromatic rings. The molecule has 2 aliphatic rings. The lowest BCUT2D eigenvalue weighted by molar-refractivity contribution is 0.326. The molecule has 3 rings (SSSR count). The molecule has 92 valence electrons. The highest BCUT2D eigenvalue weighted by Crippen LogP contribution is 2.30. The van der Waals surface area contributed by atoms with E-state index >= 15 is 0 Å².